The molecule has 0 bridgehead atoms. The monoisotopic (exact) mass is 485 g/mol. The second-order valence-corrected chi connectivity index (χ2v) is 8.53. The van der Waals surface area contributed by atoms with E-state index in [1.807, 2.05) is 0 Å². The van der Waals surface area contributed by atoms with E-state index in [1.165, 1.54) is 0 Å². The summed E-state index contributed by atoms with van der Waals surface area (Å²) in [7, 11) is 1.55. The lowest BCUT2D eigenvalue weighted by atomic mass is 9.84. The van der Waals surface area contributed by atoms with Crippen LogP contribution in [0.25, 0.3) is 0 Å². The van der Waals surface area contributed by atoms with E-state index in [0.717, 1.165) is 12.1 Å². The van der Waals surface area contributed by atoms with Gasteiger partial charge in [0.15, 0.2) is 0 Å². The molecule has 3 N–H and O–H groups in total. The number of fused-ring (bicyclic) bond motifs is 1. The summed E-state index contributed by atoms with van der Waals surface area (Å²) >= 11 is 6.07. The first-order chi connectivity index (χ1) is 15.6. The standard InChI is InChI=1S/C21H23ClF3N5O3/c1-26-14-5-12(4-13(6-14)21(23,24)25)7-27-17-15-8-30(3-2-16(15)28-19(22)29-17)18(32)20(9-31)10-33-11-20/h4-6,26,31H,2-3,7-11H2,1H3,(H,27,28,29). The first-order valence-electron chi connectivity index (χ1n) is 10.3. The van der Waals surface area contributed by atoms with E-state index in [1.54, 1.807) is 18.0 Å². The van der Waals surface area contributed by atoms with Gasteiger partial charge in [0.05, 0.1) is 37.6 Å². The maximum atomic E-state index is 13.3. The SMILES string of the molecule is CNc1cc(CNc2nc(Cl)nc3c2CN(C(=O)C2(CO)COC2)CC3)cc(C(F)(F)F)c1. The van der Waals surface area contributed by atoms with E-state index >= 15 is 0 Å². The van der Waals surface area contributed by atoms with Crippen LogP contribution >= 0.6 is 11.6 Å². The van der Waals surface area contributed by atoms with Gasteiger partial charge in [-0.15, -0.1) is 0 Å². The molecule has 0 spiro atoms. The Balaban J connectivity index is 1.57. The number of ether oxygens (including phenoxy) is 1. The van der Waals surface area contributed by atoms with Crippen LogP contribution in [0.5, 0.6) is 0 Å². The van der Waals surface area contributed by atoms with Crippen LogP contribution in [0.3, 0.4) is 0 Å². The number of hydrogen-bond donors (Lipinski definition) is 3. The molecule has 2 aromatic rings. The predicted octanol–water partition coefficient (Wildman–Crippen LogP) is 2.70. The molecule has 2 aliphatic heterocycles. The molecule has 12 heteroatoms. The molecular formula is C21H23ClF3N5O3. The maximum absolute atomic E-state index is 13.3. The van der Waals surface area contributed by atoms with Gasteiger partial charge in [0.1, 0.15) is 11.2 Å². The second kappa shape index (κ2) is 8.96. The Morgan fingerprint density at radius 2 is 2.06 bits per heavy atom. The molecule has 33 heavy (non-hydrogen) atoms. The van der Waals surface area contributed by atoms with Crippen molar-refractivity contribution in [3.8, 4) is 0 Å². The molecule has 178 valence electrons. The van der Waals surface area contributed by atoms with Crippen LogP contribution in [-0.4, -0.2) is 59.3 Å². The number of halogens is 4. The van der Waals surface area contributed by atoms with Gasteiger partial charge in [-0.1, -0.05) is 0 Å². The number of alkyl halides is 3. The Morgan fingerprint density at radius 3 is 2.67 bits per heavy atom. The zero-order valence-electron chi connectivity index (χ0n) is 17.8. The van der Waals surface area contributed by atoms with Crippen LogP contribution < -0.4 is 10.6 Å². The minimum atomic E-state index is -4.48. The smallest absolute Gasteiger partial charge is 0.395 e. The van der Waals surface area contributed by atoms with Gasteiger partial charge >= 0.3 is 6.18 Å². The van der Waals surface area contributed by atoms with Crippen LogP contribution in [-0.2, 0) is 35.2 Å². The number of anilines is 2. The highest BCUT2D eigenvalue weighted by molar-refractivity contribution is 6.28. The molecule has 1 aromatic carbocycles. The van der Waals surface area contributed by atoms with E-state index in [2.05, 4.69) is 20.6 Å². The Kier molecular flexibility index (Phi) is 6.39. The minimum Gasteiger partial charge on any atom is -0.395 e. The number of benzene rings is 1. The van der Waals surface area contributed by atoms with Crippen LogP contribution in [0.15, 0.2) is 18.2 Å². The van der Waals surface area contributed by atoms with E-state index in [9.17, 15) is 23.1 Å². The average molecular weight is 486 g/mol. The quantitative estimate of drug-likeness (QED) is 0.541. The van der Waals surface area contributed by atoms with Crippen molar-refractivity contribution in [2.75, 3.05) is 44.0 Å². The Hall–Kier alpha value is -2.63. The topological polar surface area (TPSA) is 99.6 Å². The van der Waals surface area contributed by atoms with E-state index in [-0.39, 0.29) is 44.1 Å². The summed E-state index contributed by atoms with van der Waals surface area (Å²) < 4.78 is 44.9. The third-order valence-corrected chi connectivity index (χ3v) is 6.07. The Bertz CT molecular complexity index is 1060. The molecule has 1 amide bonds. The van der Waals surface area contributed by atoms with E-state index in [0.29, 0.717) is 41.3 Å². The number of nitrogens with one attached hydrogen (secondary N) is 2. The minimum absolute atomic E-state index is 0.00945. The average Bonchev–Trinajstić information content (AvgIpc) is 2.75. The molecule has 3 heterocycles. The molecule has 4 rings (SSSR count). The Labute approximate surface area is 193 Å². The molecule has 0 aliphatic carbocycles. The third kappa shape index (κ3) is 4.71. The summed E-state index contributed by atoms with van der Waals surface area (Å²) in [6.45, 7) is 0.676. The summed E-state index contributed by atoms with van der Waals surface area (Å²) in [4.78, 5) is 23.1. The van der Waals surface area contributed by atoms with Crippen molar-refractivity contribution < 1.29 is 27.8 Å². The number of nitrogens with zero attached hydrogens (tertiary/aromatic N) is 3. The van der Waals surface area contributed by atoms with Gasteiger partial charge in [-0.2, -0.15) is 13.2 Å². The van der Waals surface area contributed by atoms with E-state index < -0.39 is 17.2 Å². The van der Waals surface area contributed by atoms with Gasteiger partial charge in [-0.05, 0) is 35.4 Å². The third-order valence-electron chi connectivity index (χ3n) is 5.90. The van der Waals surface area contributed by atoms with Crippen LogP contribution in [0.2, 0.25) is 5.28 Å². The predicted molar refractivity (Wildman–Crippen MR) is 115 cm³/mol. The number of amides is 1. The molecule has 2 aliphatic rings. The molecule has 1 saturated heterocycles. The summed E-state index contributed by atoms with van der Waals surface area (Å²) in [5.41, 5.74) is 0.352. The van der Waals surface area contributed by atoms with Crippen LogP contribution in [0.1, 0.15) is 22.4 Å². The summed E-state index contributed by atoms with van der Waals surface area (Å²) in [5.74, 6) is 0.146. The number of rotatable bonds is 6. The largest absolute Gasteiger partial charge is 0.416 e. The van der Waals surface area contributed by atoms with Crippen molar-refractivity contribution in [1.82, 2.24) is 14.9 Å². The number of carbonyl (C=O) groups is 1. The number of aliphatic hydroxyl groups excluding tert-OH is 1. The first-order valence-corrected chi connectivity index (χ1v) is 10.7. The number of carbonyl (C=O) groups excluding carboxylic acids is 1. The van der Waals surface area contributed by atoms with Crippen molar-refractivity contribution in [3.63, 3.8) is 0 Å². The molecular weight excluding hydrogens is 463 g/mol. The van der Waals surface area contributed by atoms with Gasteiger partial charge in [-0.3, -0.25) is 4.79 Å². The van der Waals surface area contributed by atoms with Gasteiger partial charge < -0.3 is 25.4 Å². The molecule has 0 atom stereocenters. The van der Waals surface area contributed by atoms with Gasteiger partial charge in [-0.25, -0.2) is 9.97 Å². The fraction of sp³-hybridized carbons (Fsp3) is 0.476. The molecule has 8 nitrogen and oxygen atoms in total. The number of hydrogen-bond acceptors (Lipinski definition) is 7. The molecule has 1 fully saturated rings. The lowest BCUT2D eigenvalue weighted by molar-refractivity contribution is -0.181. The van der Waals surface area contributed by atoms with Crippen LogP contribution in [0.4, 0.5) is 24.7 Å². The highest BCUT2D eigenvalue weighted by Gasteiger charge is 2.48. The summed E-state index contributed by atoms with van der Waals surface area (Å²) in [5, 5.41) is 15.5. The van der Waals surface area contributed by atoms with E-state index in [4.69, 9.17) is 16.3 Å². The molecule has 0 unspecified atom stereocenters. The zero-order valence-corrected chi connectivity index (χ0v) is 18.6. The number of aliphatic hydroxyl groups is 1. The summed E-state index contributed by atoms with van der Waals surface area (Å²) in [6, 6.07) is 3.72. The molecule has 1 aromatic heterocycles. The maximum Gasteiger partial charge on any atom is 0.416 e. The van der Waals surface area contributed by atoms with Crippen molar-refractivity contribution >= 4 is 29.0 Å². The lowest BCUT2D eigenvalue weighted by Gasteiger charge is -2.42. The van der Waals surface area contributed by atoms with Crippen molar-refractivity contribution in [2.24, 2.45) is 5.41 Å². The van der Waals surface area contributed by atoms with Crippen molar-refractivity contribution in [3.05, 3.63) is 45.9 Å². The Morgan fingerprint density at radius 1 is 1.30 bits per heavy atom. The highest BCUT2D eigenvalue weighted by Crippen LogP contribution is 2.34. The first kappa shape index (κ1) is 23.5. The molecule has 0 saturated carbocycles. The van der Waals surface area contributed by atoms with Crippen molar-refractivity contribution in [1.29, 1.82) is 0 Å². The van der Waals surface area contributed by atoms with Gasteiger partial charge in [0.2, 0.25) is 11.2 Å². The lowest BCUT2D eigenvalue weighted by Crippen LogP contribution is -2.58. The second-order valence-electron chi connectivity index (χ2n) is 8.19. The fourth-order valence-electron chi connectivity index (χ4n) is 3.96. The van der Waals surface area contributed by atoms with Crippen molar-refractivity contribution in [2.45, 2.75) is 25.7 Å². The zero-order chi connectivity index (χ0) is 23.8. The van der Waals surface area contributed by atoms with Gasteiger partial charge in [0, 0.05) is 37.8 Å². The van der Waals surface area contributed by atoms with Crippen LogP contribution in [0, 0.1) is 5.41 Å². The molecule has 0 radical (unpaired) electrons. The fourth-order valence-corrected chi connectivity index (χ4v) is 4.14. The number of aromatic nitrogens is 2. The van der Waals surface area contributed by atoms with Gasteiger partial charge in [0.25, 0.3) is 0 Å². The normalized spacial score (nSPS) is 17.2. The highest BCUT2D eigenvalue weighted by atomic mass is 35.5. The summed E-state index contributed by atoms with van der Waals surface area (Å²) in [6.07, 6.45) is -4.04.